The topological polar surface area (TPSA) is 131 Å². The smallest absolute Gasteiger partial charge is 0.289 e. The minimum absolute atomic E-state index is 0.166. The van der Waals surface area contributed by atoms with E-state index in [0.717, 1.165) is 32.8 Å². The summed E-state index contributed by atoms with van der Waals surface area (Å²) in [6, 6.07) is 34.1. The lowest BCUT2D eigenvalue weighted by Crippen LogP contribution is -2.39. The molecular formula is C32H26N4O6S. The van der Waals surface area contributed by atoms with Crippen molar-refractivity contribution >= 4 is 44.3 Å². The molecule has 5 aromatic rings. The Labute approximate surface area is 248 Å². The van der Waals surface area contributed by atoms with Crippen LogP contribution in [0.5, 0.6) is 5.75 Å². The number of fused-ring (bicyclic) bond motifs is 1. The zero-order valence-corrected chi connectivity index (χ0v) is 23.6. The van der Waals surface area contributed by atoms with Crippen LogP contribution in [0, 0.1) is 10.1 Å². The molecule has 0 aliphatic rings. The number of nitrogens with zero attached hydrogens (tertiary/aromatic N) is 3. The molecule has 0 saturated heterocycles. The minimum Gasteiger partial charge on any atom is -0.489 e. The first-order valence-corrected chi connectivity index (χ1v) is 14.6. The van der Waals surface area contributed by atoms with Crippen LogP contribution in [0.1, 0.15) is 11.1 Å². The average molecular weight is 595 g/mol. The van der Waals surface area contributed by atoms with Crippen molar-refractivity contribution in [3.05, 3.63) is 143 Å². The second kappa shape index (κ2) is 13.0. The van der Waals surface area contributed by atoms with Crippen molar-refractivity contribution in [2.75, 3.05) is 10.8 Å². The molecule has 5 rings (SSSR count). The second-order valence-corrected chi connectivity index (χ2v) is 11.2. The number of benzene rings is 5. The highest BCUT2D eigenvalue weighted by atomic mass is 32.2. The molecule has 0 radical (unpaired) electrons. The van der Waals surface area contributed by atoms with Crippen LogP contribution in [0.2, 0.25) is 0 Å². The number of nitro groups is 1. The van der Waals surface area contributed by atoms with Gasteiger partial charge in [-0.15, -0.1) is 0 Å². The molecular weight excluding hydrogens is 568 g/mol. The summed E-state index contributed by atoms with van der Waals surface area (Å²) in [7, 11) is -4.48. The number of nitro benzene ring substituents is 1. The molecule has 1 amide bonds. The van der Waals surface area contributed by atoms with E-state index in [4.69, 9.17) is 4.74 Å². The molecule has 1 N–H and O–H groups in total. The van der Waals surface area contributed by atoms with Crippen LogP contribution in [-0.4, -0.2) is 32.0 Å². The Bertz CT molecular complexity index is 1890. The van der Waals surface area contributed by atoms with E-state index in [0.29, 0.717) is 17.9 Å². The Morgan fingerprint density at radius 1 is 0.860 bits per heavy atom. The van der Waals surface area contributed by atoms with E-state index in [9.17, 15) is 23.3 Å². The van der Waals surface area contributed by atoms with E-state index < -0.39 is 38.0 Å². The van der Waals surface area contributed by atoms with Crippen LogP contribution in [0.4, 0.5) is 11.4 Å². The maximum absolute atomic E-state index is 13.5. The zero-order chi connectivity index (χ0) is 30.2. The molecule has 11 heteroatoms. The van der Waals surface area contributed by atoms with Gasteiger partial charge in [-0.05, 0) is 64.4 Å². The van der Waals surface area contributed by atoms with Crippen molar-refractivity contribution in [3.63, 3.8) is 0 Å². The molecule has 10 nitrogen and oxygen atoms in total. The SMILES string of the molecule is O=C(CN(c1ccccc1)S(=O)(=O)c1ccccc1[N+](=O)[O-])N/N=C\c1ccc(OCc2cccc3ccccc23)cc1. The second-order valence-electron chi connectivity index (χ2n) is 9.36. The van der Waals surface area contributed by atoms with Crippen molar-refractivity contribution in [3.8, 4) is 5.75 Å². The molecule has 5 aromatic carbocycles. The van der Waals surface area contributed by atoms with Crippen LogP contribution in [0.25, 0.3) is 10.8 Å². The number of rotatable bonds is 11. The number of hydrogen-bond donors (Lipinski definition) is 1. The summed E-state index contributed by atoms with van der Waals surface area (Å²) in [6.07, 6.45) is 1.41. The zero-order valence-electron chi connectivity index (χ0n) is 22.7. The number of para-hydroxylation sites is 2. The fourth-order valence-corrected chi connectivity index (χ4v) is 6.01. The molecule has 0 aliphatic carbocycles. The predicted octanol–water partition coefficient (Wildman–Crippen LogP) is 5.67. The van der Waals surface area contributed by atoms with Gasteiger partial charge < -0.3 is 4.74 Å². The Morgan fingerprint density at radius 3 is 2.30 bits per heavy atom. The largest absolute Gasteiger partial charge is 0.489 e. The number of amides is 1. The fourth-order valence-electron chi connectivity index (χ4n) is 4.43. The number of sulfonamides is 1. The molecule has 43 heavy (non-hydrogen) atoms. The van der Waals surface area contributed by atoms with Crippen LogP contribution in [0.3, 0.4) is 0 Å². The molecule has 0 fully saturated rings. The number of carbonyl (C=O) groups excluding carboxylic acids is 1. The molecule has 0 unspecified atom stereocenters. The number of ether oxygens (including phenoxy) is 1. The van der Waals surface area contributed by atoms with E-state index in [2.05, 4.69) is 28.7 Å². The Hall–Kier alpha value is -5.55. The summed E-state index contributed by atoms with van der Waals surface area (Å²) in [6.45, 7) is -0.255. The Morgan fingerprint density at radius 2 is 1.53 bits per heavy atom. The molecule has 216 valence electrons. The number of carbonyl (C=O) groups is 1. The lowest BCUT2D eigenvalue weighted by Gasteiger charge is -2.23. The van der Waals surface area contributed by atoms with Crippen LogP contribution in [0.15, 0.2) is 131 Å². The molecule has 0 spiro atoms. The van der Waals surface area contributed by atoms with Crippen molar-refractivity contribution in [2.24, 2.45) is 5.10 Å². The van der Waals surface area contributed by atoms with Gasteiger partial charge in [0.2, 0.25) is 0 Å². The third-order valence-corrected chi connectivity index (χ3v) is 8.34. The lowest BCUT2D eigenvalue weighted by molar-refractivity contribution is -0.387. The normalized spacial score (nSPS) is 11.3. The van der Waals surface area contributed by atoms with Gasteiger partial charge in [-0.3, -0.25) is 19.2 Å². The first-order chi connectivity index (χ1) is 20.8. The number of nitrogens with one attached hydrogen (secondary N) is 1. The third kappa shape index (κ3) is 6.85. The van der Waals surface area contributed by atoms with Gasteiger partial charge in [0, 0.05) is 6.07 Å². The molecule has 0 aliphatic heterocycles. The standard InChI is InChI=1S/C32H26N4O6S/c37-32(22-35(27-12-2-1-3-13-27)43(40,41)31-16-7-6-15-30(31)36(38)39)34-33-21-24-17-19-28(20-18-24)42-23-26-11-8-10-25-9-4-5-14-29(25)26/h1-21H,22-23H2,(H,34,37)/b33-21-. The predicted molar refractivity (Wildman–Crippen MR) is 165 cm³/mol. The van der Waals surface area contributed by atoms with E-state index in [-0.39, 0.29) is 5.69 Å². The highest BCUT2D eigenvalue weighted by Gasteiger charge is 2.33. The van der Waals surface area contributed by atoms with Gasteiger partial charge in [0.1, 0.15) is 18.9 Å². The number of hydrogen-bond acceptors (Lipinski definition) is 7. The van der Waals surface area contributed by atoms with E-state index in [1.807, 2.05) is 24.3 Å². The van der Waals surface area contributed by atoms with Crippen molar-refractivity contribution < 1.29 is 22.9 Å². The average Bonchev–Trinajstić information content (AvgIpc) is 3.03. The summed E-state index contributed by atoms with van der Waals surface area (Å²) in [4.78, 5) is 23.0. The van der Waals surface area contributed by atoms with Gasteiger partial charge in [0.25, 0.3) is 21.6 Å². The summed E-state index contributed by atoms with van der Waals surface area (Å²) in [5, 5.41) is 17.7. The van der Waals surface area contributed by atoms with Crippen molar-refractivity contribution in [1.29, 1.82) is 0 Å². The molecule has 0 atom stereocenters. The van der Waals surface area contributed by atoms with E-state index in [1.54, 1.807) is 42.5 Å². The Kier molecular flexibility index (Phi) is 8.73. The molecule has 0 heterocycles. The van der Waals surface area contributed by atoms with Gasteiger partial charge in [-0.25, -0.2) is 13.8 Å². The fraction of sp³-hybridized carbons (Fsp3) is 0.0625. The van der Waals surface area contributed by atoms with Crippen LogP contribution in [-0.2, 0) is 21.4 Å². The first-order valence-electron chi connectivity index (χ1n) is 13.2. The van der Waals surface area contributed by atoms with E-state index >= 15 is 0 Å². The summed E-state index contributed by atoms with van der Waals surface area (Å²) >= 11 is 0. The summed E-state index contributed by atoms with van der Waals surface area (Å²) in [5.41, 5.74) is 3.65. The molecule has 0 bridgehead atoms. The van der Waals surface area contributed by atoms with Gasteiger partial charge in [-0.1, -0.05) is 72.8 Å². The molecule has 0 saturated carbocycles. The summed E-state index contributed by atoms with van der Waals surface area (Å²) in [5.74, 6) is -0.0786. The van der Waals surface area contributed by atoms with Gasteiger partial charge in [-0.2, -0.15) is 5.10 Å². The highest BCUT2D eigenvalue weighted by molar-refractivity contribution is 7.93. The van der Waals surface area contributed by atoms with Crippen LogP contribution < -0.4 is 14.5 Å². The molecule has 0 aromatic heterocycles. The maximum Gasteiger partial charge on any atom is 0.289 e. The third-order valence-electron chi connectivity index (χ3n) is 6.52. The van der Waals surface area contributed by atoms with Crippen LogP contribution >= 0.6 is 0 Å². The van der Waals surface area contributed by atoms with Crippen molar-refractivity contribution in [2.45, 2.75) is 11.5 Å². The highest BCUT2D eigenvalue weighted by Crippen LogP contribution is 2.29. The van der Waals surface area contributed by atoms with E-state index in [1.165, 1.54) is 30.5 Å². The number of hydrazone groups is 1. The lowest BCUT2D eigenvalue weighted by atomic mass is 10.1. The van der Waals surface area contributed by atoms with Crippen molar-refractivity contribution in [1.82, 2.24) is 5.43 Å². The number of anilines is 1. The first kappa shape index (κ1) is 29.0. The maximum atomic E-state index is 13.5. The van der Waals surface area contributed by atoms with Gasteiger partial charge in [0.15, 0.2) is 4.90 Å². The summed E-state index contributed by atoms with van der Waals surface area (Å²) < 4.78 is 33.8. The minimum atomic E-state index is -4.48. The van der Waals surface area contributed by atoms with Gasteiger partial charge >= 0.3 is 0 Å². The van der Waals surface area contributed by atoms with Gasteiger partial charge in [0.05, 0.1) is 16.8 Å². The Balaban J connectivity index is 1.24. The monoisotopic (exact) mass is 594 g/mol. The quantitative estimate of drug-likeness (QED) is 0.119.